The third-order valence-electron chi connectivity index (χ3n) is 3.15. The first-order chi connectivity index (χ1) is 10.6. The molecule has 1 aliphatic rings. The number of benzene rings is 1. The van der Waals surface area contributed by atoms with Crippen molar-refractivity contribution in [3.8, 4) is 0 Å². The maximum absolute atomic E-state index is 12.0. The predicted molar refractivity (Wildman–Crippen MR) is 76.9 cm³/mol. The van der Waals surface area contributed by atoms with E-state index in [0.29, 0.717) is 24.1 Å². The Morgan fingerprint density at radius 1 is 1.36 bits per heavy atom. The third-order valence-corrected chi connectivity index (χ3v) is 3.15. The van der Waals surface area contributed by atoms with Crippen LogP contribution in [0.5, 0.6) is 0 Å². The maximum atomic E-state index is 12.0. The molecule has 0 radical (unpaired) electrons. The summed E-state index contributed by atoms with van der Waals surface area (Å²) in [5, 5.41) is 0.483. The van der Waals surface area contributed by atoms with Crippen LogP contribution >= 0.6 is 0 Å². The first-order valence-electron chi connectivity index (χ1n) is 6.79. The summed E-state index contributed by atoms with van der Waals surface area (Å²) >= 11 is 0. The van der Waals surface area contributed by atoms with E-state index in [2.05, 4.69) is 9.97 Å². The van der Waals surface area contributed by atoms with Crippen LogP contribution in [0.25, 0.3) is 10.9 Å². The van der Waals surface area contributed by atoms with Crippen LogP contribution < -0.4 is 5.56 Å². The SMILES string of the molecule is CC(OC(=O)C1=COCCO1)c1nc2ccccc2c(=O)[nH]1. The van der Waals surface area contributed by atoms with E-state index in [1.54, 1.807) is 31.2 Å². The molecular weight excluding hydrogens is 288 g/mol. The van der Waals surface area contributed by atoms with Crippen LogP contribution in [-0.2, 0) is 19.0 Å². The van der Waals surface area contributed by atoms with Crippen LogP contribution in [0.4, 0.5) is 0 Å². The second-order valence-corrected chi connectivity index (χ2v) is 4.72. The van der Waals surface area contributed by atoms with Gasteiger partial charge in [0.05, 0.1) is 10.9 Å². The fourth-order valence-corrected chi connectivity index (χ4v) is 2.05. The van der Waals surface area contributed by atoms with Crippen LogP contribution in [-0.4, -0.2) is 29.2 Å². The van der Waals surface area contributed by atoms with Crippen LogP contribution in [0.2, 0.25) is 0 Å². The summed E-state index contributed by atoms with van der Waals surface area (Å²) < 4.78 is 15.4. The fraction of sp³-hybridized carbons (Fsp3) is 0.267. The van der Waals surface area contributed by atoms with Crippen molar-refractivity contribution >= 4 is 16.9 Å². The summed E-state index contributed by atoms with van der Waals surface area (Å²) in [7, 11) is 0. The molecule has 1 N–H and O–H groups in total. The Balaban J connectivity index is 1.83. The van der Waals surface area contributed by atoms with Gasteiger partial charge in [-0.25, -0.2) is 9.78 Å². The summed E-state index contributed by atoms with van der Waals surface area (Å²) in [6.45, 7) is 2.31. The molecule has 1 aliphatic heterocycles. The molecule has 0 bridgehead atoms. The topological polar surface area (TPSA) is 90.5 Å². The van der Waals surface area contributed by atoms with Crippen LogP contribution in [0.3, 0.4) is 0 Å². The van der Waals surface area contributed by atoms with Gasteiger partial charge >= 0.3 is 5.97 Å². The minimum atomic E-state index is -0.726. The smallest absolute Gasteiger partial charge is 0.377 e. The summed E-state index contributed by atoms with van der Waals surface area (Å²) in [5.74, 6) is -0.390. The molecule has 2 aromatic rings. The van der Waals surface area contributed by atoms with Gasteiger partial charge in [0.15, 0.2) is 11.9 Å². The van der Waals surface area contributed by atoms with Gasteiger partial charge in [0.1, 0.15) is 19.5 Å². The molecule has 0 fully saturated rings. The number of esters is 1. The Morgan fingerprint density at radius 3 is 2.95 bits per heavy atom. The highest BCUT2D eigenvalue weighted by atomic mass is 16.6. The zero-order valence-corrected chi connectivity index (χ0v) is 11.9. The van der Waals surface area contributed by atoms with E-state index < -0.39 is 12.1 Å². The normalized spacial score (nSPS) is 15.4. The number of ether oxygens (including phenoxy) is 3. The monoisotopic (exact) mass is 302 g/mol. The molecule has 114 valence electrons. The zero-order chi connectivity index (χ0) is 15.5. The van der Waals surface area contributed by atoms with E-state index in [1.807, 2.05) is 0 Å². The van der Waals surface area contributed by atoms with Crippen molar-refractivity contribution in [1.82, 2.24) is 9.97 Å². The second kappa shape index (κ2) is 5.88. The molecule has 0 aliphatic carbocycles. The summed E-state index contributed by atoms with van der Waals surface area (Å²) in [6.07, 6.45) is 0.492. The van der Waals surface area contributed by atoms with Gasteiger partial charge in [-0.15, -0.1) is 0 Å². The number of H-pyrrole nitrogens is 1. The summed E-state index contributed by atoms with van der Waals surface area (Å²) in [5.41, 5.74) is 0.264. The lowest BCUT2D eigenvalue weighted by molar-refractivity contribution is -0.149. The number of carbonyl (C=O) groups excluding carboxylic acids is 1. The van der Waals surface area contributed by atoms with Crippen molar-refractivity contribution < 1.29 is 19.0 Å². The van der Waals surface area contributed by atoms with Crippen molar-refractivity contribution in [1.29, 1.82) is 0 Å². The molecule has 0 saturated heterocycles. The highest BCUT2D eigenvalue weighted by Gasteiger charge is 2.21. The molecule has 7 heteroatoms. The minimum absolute atomic E-state index is 0.00114. The molecule has 0 spiro atoms. The summed E-state index contributed by atoms with van der Waals surface area (Å²) in [6, 6.07) is 6.95. The quantitative estimate of drug-likeness (QED) is 0.862. The largest absolute Gasteiger partial charge is 0.493 e. The maximum Gasteiger partial charge on any atom is 0.377 e. The van der Waals surface area contributed by atoms with Crippen molar-refractivity contribution in [3.63, 3.8) is 0 Å². The lowest BCUT2D eigenvalue weighted by Gasteiger charge is -2.17. The van der Waals surface area contributed by atoms with Gasteiger partial charge in [-0.3, -0.25) is 4.79 Å². The van der Waals surface area contributed by atoms with Crippen LogP contribution in [0.15, 0.2) is 41.1 Å². The van der Waals surface area contributed by atoms with Crippen molar-refractivity contribution in [2.24, 2.45) is 0 Å². The Kier molecular flexibility index (Phi) is 3.78. The lowest BCUT2D eigenvalue weighted by atomic mass is 10.2. The first-order valence-corrected chi connectivity index (χ1v) is 6.79. The number of aromatic amines is 1. The average Bonchev–Trinajstić information content (AvgIpc) is 2.55. The molecular formula is C15H14N2O5. The van der Waals surface area contributed by atoms with Crippen molar-refractivity contribution in [2.45, 2.75) is 13.0 Å². The Morgan fingerprint density at radius 2 is 2.18 bits per heavy atom. The number of hydrogen-bond acceptors (Lipinski definition) is 6. The number of para-hydroxylation sites is 1. The molecule has 0 saturated carbocycles. The highest BCUT2D eigenvalue weighted by molar-refractivity contribution is 5.86. The number of aromatic nitrogens is 2. The molecule has 3 rings (SSSR count). The van der Waals surface area contributed by atoms with Crippen LogP contribution in [0, 0.1) is 0 Å². The van der Waals surface area contributed by atoms with Gasteiger partial charge in [-0.1, -0.05) is 12.1 Å². The van der Waals surface area contributed by atoms with E-state index in [-0.39, 0.29) is 17.1 Å². The number of hydrogen-bond donors (Lipinski definition) is 1. The van der Waals surface area contributed by atoms with Gasteiger partial charge < -0.3 is 19.2 Å². The molecule has 22 heavy (non-hydrogen) atoms. The third kappa shape index (κ3) is 2.78. The van der Waals surface area contributed by atoms with E-state index in [0.717, 1.165) is 0 Å². The highest BCUT2D eigenvalue weighted by Crippen LogP contribution is 2.17. The molecule has 1 aromatic heterocycles. The Labute approximate surface area is 125 Å². The average molecular weight is 302 g/mol. The molecule has 1 unspecified atom stereocenters. The number of rotatable bonds is 3. The van der Waals surface area contributed by atoms with E-state index in [9.17, 15) is 9.59 Å². The number of nitrogens with zero attached hydrogens (tertiary/aromatic N) is 1. The van der Waals surface area contributed by atoms with Gasteiger partial charge in [0.25, 0.3) is 5.56 Å². The van der Waals surface area contributed by atoms with Gasteiger partial charge in [-0.2, -0.15) is 0 Å². The number of fused-ring (bicyclic) bond motifs is 1. The van der Waals surface area contributed by atoms with E-state index >= 15 is 0 Å². The van der Waals surface area contributed by atoms with E-state index in [1.165, 1.54) is 6.26 Å². The number of nitrogens with one attached hydrogen (secondary N) is 1. The van der Waals surface area contributed by atoms with Crippen molar-refractivity contribution in [3.05, 3.63) is 52.5 Å². The predicted octanol–water partition coefficient (Wildman–Crippen LogP) is 1.42. The molecule has 7 nitrogen and oxygen atoms in total. The molecule has 1 aromatic carbocycles. The lowest BCUT2D eigenvalue weighted by Crippen LogP contribution is -2.21. The summed E-state index contributed by atoms with van der Waals surface area (Å²) in [4.78, 5) is 30.8. The standard InChI is InChI=1S/C15H14N2O5/c1-9(22-15(19)12-8-20-6-7-21-12)13-16-11-5-3-2-4-10(11)14(18)17-13/h2-5,8-9H,6-7H2,1H3,(H,16,17,18). The van der Waals surface area contributed by atoms with Gasteiger partial charge in [0, 0.05) is 0 Å². The second-order valence-electron chi connectivity index (χ2n) is 4.72. The Bertz CT molecular complexity index is 796. The van der Waals surface area contributed by atoms with Gasteiger partial charge in [0.2, 0.25) is 5.76 Å². The Hall–Kier alpha value is -2.83. The van der Waals surface area contributed by atoms with Crippen LogP contribution in [0.1, 0.15) is 18.9 Å². The van der Waals surface area contributed by atoms with Crippen molar-refractivity contribution in [2.75, 3.05) is 13.2 Å². The minimum Gasteiger partial charge on any atom is -0.493 e. The molecule has 1 atom stereocenters. The molecule has 0 amide bonds. The van der Waals surface area contributed by atoms with E-state index in [4.69, 9.17) is 14.2 Å². The zero-order valence-electron chi connectivity index (χ0n) is 11.9. The molecule has 2 heterocycles. The first kappa shape index (κ1) is 14.1. The fourth-order valence-electron chi connectivity index (χ4n) is 2.05. The number of carbonyl (C=O) groups is 1. The van der Waals surface area contributed by atoms with Gasteiger partial charge in [-0.05, 0) is 19.1 Å².